The van der Waals surface area contributed by atoms with Crippen molar-refractivity contribution >= 4 is 17.3 Å². The summed E-state index contributed by atoms with van der Waals surface area (Å²) in [5.74, 6) is -0.415. The smallest absolute Gasteiger partial charge is 0.337 e. The van der Waals surface area contributed by atoms with E-state index < -0.39 is 5.97 Å². The van der Waals surface area contributed by atoms with Crippen LogP contribution in [0.1, 0.15) is 49.9 Å². The summed E-state index contributed by atoms with van der Waals surface area (Å²) >= 11 is 0. The molecule has 110 valence electrons. The van der Waals surface area contributed by atoms with Gasteiger partial charge in [0.05, 0.1) is 5.56 Å². The van der Waals surface area contributed by atoms with Gasteiger partial charge in [-0.1, -0.05) is 26.7 Å². The van der Waals surface area contributed by atoms with Gasteiger partial charge in [-0.25, -0.2) is 4.79 Å². The Morgan fingerprint density at radius 1 is 1.40 bits per heavy atom. The molecule has 0 radical (unpaired) electrons. The molecule has 4 heteroatoms. The Morgan fingerprint density at radius 3 is 2.60 bits per heavy atom. The van der Waals surface area contributed by atoms with Crippen LogP contribution in [-0.2, 0) is 0 Å². The lowest BCUT2D eigenvalue weighted by molar-refractivity contribution is 0.0698. The van der Waals surface area contributed by atoms with Gasteiger partial charge in [-0.15, -0.1) is 0 Å². The molecule has 0 atom stereocenters. The minimum absolute atomic E-state index is 0.203. The van der Waals surface area contributed by atoms with Gasteiger partial charge in [0.15, 0.2) is 0 Å². The number of carboxylic acid groups (broad SMARTS) is 1. The molecule has 1 aromatic rings. The molecule has 1 aromatic carbocycles. The highest BCUT2D eigenvalue weighted by molar-refractivity contribution is 5.94. The number of nitrogens with two attached hydrogens (primary N) is 1. The number of hydrogen-bond donors (Lipinski definition) is 2. The summed E-state index contributed by atoms with van der Waals surface area (Å²) in [6, 6.07) is 5.91. The van der Waals surface area contributed by atoms with Crippen molar-refractivity contribution in [3.05, 3.63) is 23.8 Å². The van der Waals surface area contributed by atoms with Gasteiger partial charge >= 0.3 is 5.97 Å². The van der Waals surface area contributed by atoms with Gasteiger partial charge in [-0.2, -0.15) is 0 Å². The average Bonchev–Trinajstić information content (AvgIpc) is 2.90. The third-order valence-electron chi connectivity index (χ3n) is 3.93. The first-order valence-electron chi connectivity index (χ1n) is 7.38. The molecule has 0 saturated heterocycles. The zero-order valence-electron chi connectivity index (χ0n) is 12.3. The van der Waals surface area contributed by atoms with E-state index in [0.717, 1.165) is 12.2 Å². The Hall–Kier alpha value is -1.71. The predicted molar refractivity (Wildman–Crippen MR) is 82.3 cm³/mol. The van der Waals surface area contributed by atoms with E-state index in [1.807, 2.05) is 6.07 Å². The first-order valence-corrected chi connectivity index (χ1v) is 7.38. The van der Waals surface area contributed by atoms with Gasteiger partial charge in [0.25, 0.3) is 0 Å². The van der Waals surface area contributed by atoms with Gasteiger partial charge in [0, 0.05) is 24.0 Å². The molecule has 1 saturated carbocycles. The van der Waals surface area contributed by atoms with E-state index in [9.17, 15) is 9.90 Å². The maximum absolute atomic E-state index is 11.2. The summed E-state index contributed by atoms with van der Waals surface area (Å²) in [4.78, 5) is 13.6. The molecule has 1 fully saturated rings. The number of benzene rings is 1. The van der Waals surface area contributed by atoms with Crippen molar-refractivity contribution in [1.29, 1.82) is 0 Å². The van der Waals surface area contributed by atoms with Crippen molar-refractivity contribution in [3.63, 3.8) is 0 Å². The quantitative estimate of drug-likeness (QED) is 0.809. The number of hydrogen-bond acceptors (Lipinski definition) is 3. The van der Waals surface area contributed by atoms with E-state index in [1.165, 1.54) is 25.7 Å². The number of carboxylic acids is 1. The highest BCUT2D eigenvalue weighted by Crippen LogP contribution is 2.30. The number of anilines is 2. The Balaban J connectivity index is 2.32. The van der Waals surface area contributed by atoms with Crippen molar-refractivity contribution in [2.75, 3.05) is 17.2 Å². The fourth-order valence-corrected chi connectivity index (χ4v) is 2.98. The molecule has 0 unspecified atom stereocenters. The Kier molecular flexibility index (Phi) is 4.53. The standard InChI is InChI=1S/C16H24N2O2/c1-11(2)10-18(12-5-3-4-6-12)13-7-8-15(17)14(9-13)16(19)20/h7-9,11-12H,3-6,10,17H2,1-2H3,(H,19,20). The first-order chi connectivity index (χ1) is 9.49. The van der Waals surface area contributed by atoms with E-state index in [2.05, 4.69) is 18.7 Å². The SMILES string of the molecule is CC(C)CN(c1ccc(N)c(C(=O)O)c1)C1CCCC1. The Bertz CT molecular complexity index is 479. The van der Waals surface area contributed by atoms with Crippen molar-refractivity contribution in [2.24, 2.45) is 5.92 Å². The topological polar surface area (TPSA) is 66.6 Å². The summed E-state index contributed by atoms with van der Waals surface area (Å²) in [5.41, 5.74) is 7.26. The normalized spacial score (nSPS) is 15.8. The predicted octanol–water partition coefficient (Wildman–Crippen LogP) is 3.37. The molecule has 0 amide bonds. The maximum Gasteiger partial charge on any atom is 0.337 e. The number of rotatable bonds is 5. The summed E-state index contributed by atoms with van der Waals surface area (Å²) < 4.78 is 0. The molecule has 0 bridgehead atoms. The van der Waals surface area contributed by atoms with Crippen molar-refractivity contribution in [3.8, 4) is 0 Å². The molecule has 0 heterocycles. The minimum Gasteiger partial charge on any atom is -0.478 e. The third kappa shape index (κ3) is 3.24. The number of aromatic carboxylic acids is 1. The second-order valence-corrected chi connectivity index (χ2v) is 6.06. The average molecular weight is 276 g/mol. The van der Waals surface area contributed by atoms with E-state index >= 15 is 0 Å². The zero-order valence-corrected chi connectivity index (χ0v) is 12.3. The Labute approximate surface area is 120 Å². The van der Waals surface area contributed by atoms with Gasteiger partial charge in [0.1, 0.15) is 0 Å². The van der Waals surface area contributed by atoms with Crippen LogP contribution in [0.3, 0.4) is 0 Å². The second kappa shape index (κ2) is 6.16. The molecule has 0 spiro atoms. The zero-order chi connectivity index (χ0) is 14.7. The molecule has 3 N–H and O–H groups in total. The largest absolute Gasteiger partial charge is 0.478 e. The lowest BCUT2D eigenvalue weighted by Crippen LogP contribution is -2.36. The van der Waals surface area contributed by atoms with Crippen LogP contribution >= 0.6 is 0 Å². The number of carbonyl (C=O) groups is 1. The van der Waals surface area contributed by atoms with Crippen LogP contribution in [0.4, 0.5) is 11.4 Å². The van der Waals surface area contributed by atoms with Gasteiger partial charge in [-0.3, -0.25) is 0 Å². The van der Waals surface area contributed by atoms with Crippen LogP contribution < -0.4 is 10.6 Å². The third-order valence-corrected chi connectivity index (χ3v) is 3.93. The summed E-state index contributed by atoms with van der Waals surface area (Å²) in [6.07, 6.45) is 4.92. The first kappa shape index (κ1) is 14.7. The van der Waals surface area contributed by atoms with E-state index in [4.69, 9.17) is 5.73 Å². The second-order valence-electron chi connectivity index (χ2n) is 6.06. The molecular weight excluding hydrogens is 252 g/mol. The Morgan fingerprint density at radius 2 is 2.05 bits per heavy atom. The maximum atomic E-state index is 11.2. The minimum atomic E-state index is -0.958. The molecule has 1 aliphatic rings. The van der Waals surface area contributed by atoms with Crippen molar-refractivity contribution in [2.45, 2.75) is 45.6 Å². The molecule has 20 heavy (non-hydrogen) atoms. The summed E-state index contributed by atoms with van der Waals surface area (Å²) in [6.45, 7) is 5.34. The monoisotopic (exact) mass is 276 g/mol. The van der Waals surface area contributed by atoms with E-state index in [-0.39, 0.29) is 5.56 Å². The summed E-state index contributed by atoms with van der Waals surface area (Å²) in [5, 5.41) is 9.22. The van der Waals surface area contributed by atoms with Crippen LogP contribution in [0.5, 0.6) is 0 Å². The van der Waals surface area contributed by atoms with Crippen LogP contribution in [0.2, 0.25) is 0 Å². The van der Waals surface area contributed by atoms with Crippen molar-refractivity contribution in [1.82, 2.24) is 0 Å². The fourth-order valence-electron chi connectivity index (χ4n) is 2.98. The number of nitrogen functional groups attached to an aromatic ring is 1. The van der Waals surface area contributed by atoms with Crippen molar-refractivity contribution < 1.29 is 9.90 Å². The molecule has 2 rings (SSSR count). The highest BCUT2D eigenvalue weighted by Gasteiger charge is 2.24. The lowest BCUT2D eigenvalue weighted by atomic mass is 10.1. The lowest BCUT2D eigenvalue weighted by Gasteiger charge is -2.33. The number of nitrogens with zero attached hydrogens (tertiary/aromatic N) is 1. The molecule has 0 aliphatic heterocycles. The van der Waals surface area contributed by atoms with Crippen LogP contribution in [0.25, 0.3) is 0 Å². The molecule has 0 aromatic heterocycles. The van der Waals surface area contributed by atoms with E-state index in [0.29, 0.717) is 17.6 Å². The van der Waals surface area contributed by atoms with Gasteiger partial charge in [-0.05, 0) is 37.0 Å². The summed E-state index contributed by atoms with van der Waals surface area (Å²) in [7, 11) is 0. The molecule has 1 aliphatic carbocycles. The fraction of sp³-hybridized carbons (Fsp3) is 0.562. The van der Waals surface area contributed by atoms with Gasteiger partial charge in [0.2, 0.25) is 0 Å². The van der Waals surface area contributed by atoms with Crippen LogP contribution in [0, 0.1) is 5.92 Å². The van der Waals surface area contributed by atoms with Crippen LogP contribution in [-0.4, -0.2) is 23.7 Å². The molecule has 4 nitrogen and oxygen atoms in total. The molecular formula is C16H24N2O2. The van der Waals surface area contributed by atoms with Crippen LogP contribution in [0.15, 0.2) is 18.2 Å². The highest BCUT2D eigenvalue weighted by atomic mass is 16.4. The van der Waals surface area contributed by atoms with E-state index in [1.54, 1.807) is 12.1 Å². The van der Waals surface area contributed by atoms with Gasteiger partial charge < -0.3 is 15.7 Å².